The summed E-state index contributed by atoms with van der Waals surface area (Å²) in [6.07, 6.45) is 3.30. The highest BCUT2D eigenvalue weighted by Gasteiger charge is 2.21. The van der Waals surface area contributed by atoms with E-state index in [1.54, 1.807) is 0 Å². The van der Waals surface area contributed by atoms with Crippen molar-refractivity contribution in [2.24, 2.45) is 0 Å². The molecular formula is C22H25N5O2. The number of hydrogen-bond donors (Lipinski definition) is 2. The minimum absolute atomic E-state index is 0.0637. The molecule has 7 nitrogen and oxygen atoms in total. The molecule has 2 aliphatic heterocycles. The number of aromatic nitrogens is 2. The number of amides is 1. The van der Waals surface area contributed by atoms with Crippen molar-refractivity contribution in [3.63, 3.8) is 0 Å². The Bertz CT molecular complexity index is 1070. The number of imidazole rings is 1. The summed E-state index contributed by atoms with van der Waals surface area (Å²) in [6.45, 7) is 7.17. The topological polar surface area (TPSA) is 70.9 Å². The predicted octanol–water partition coefficient (Wildman–Crippen LogP) is 2.44. The second-order valence-electron chi connectivity index (χ2n) is 7.77. The van der Waals surface area contributed by atoms with E-state index in [-0.39, 0.29) is 12.5 Å². The van der Waals surface area contributed by atoms with Crippen molar-refractivity contribution >= 4 is 17.2 Å². The lowest BCUT2D eigenvalue weighted by atomic mass is 10.1. The molecule has 0 atom stereocenters. The number of ether oxygens (including phenoxy) is 1. The molecule has 7 heteroatoms. The van der Waals surface area contributed by atoms with E-state index in [1.165, 1.54) is 11.3 Å². The molecule has 0 aliphatic carbocycles. The number of pyridine rings is 1. The molecule has 1 fully saturated rings. The average Bonchev–Trinajstić information content (AvgIpc) is 2.88. The van der Waals surface area contributed by atoms with Gasteiger partial charge in [-0.3, -0.25) is 9.69 Å². The van der Waals surface area contributed by atoms with Crippen molar-refractivity contribution in [1.82, 2.24) is 19.6 Å². The second kappa shape index (κ2) is 7.50. The van der Waals surface area contributed by atoms with Crippen LogP contribution in [0.3, 0.4) is 0 Å². The van der Waals surface area contributed by atoms with E-state index in [0.29, 0.717) is 11.4 Å². The lowest BCUT2D eigenvalue weighted by Crippen LogP contribution is -2.28. The first-order valence-electron chi connectivity index (χ1n) is 10.1. The fraction of sp³-hybridized carbons (Fsp3) is 0.364. The highest BCUT2D eigenvalue weighted by atomic mass is 16.5. The van der Waals surface area contributed by atoms with Gasteiger partial charge in [0, 0.05) is 31.4 Å². The van der Waals surface area contributed by atoms with Crippen LogP contribution in [0.1, 0.15) is 17.7 Å². The van der Waals surface area contributed by atoms with Gasteiger partial charge < -0.3 is 19.8 Å². The van der Waals surface area contributed by atoms with Gasteiger partial charge >= 0.3 is 0 Å². The molecule has 150 valence electrons. The van der Waals surface area contributed by atoms with E-state index in [9.17, 15) is 4.79 Å². The third-order valence-corrected chi connectivity index (χ3v) is 5.56. The molecule has 29 heavy (non-hydrogen) atoms. The Hall–Kier alpha value is -2.90. The first-order chi connectivity index (χ1) is 14.2. The average molecular weight is 391 g/mol. The Morgan fingerprint density at radius 3 is 3.03 bits per heavy atom. The van der Waals surface area contributed by atoms with E-state index in [4.69, 9.17) is 9.72 Å². The van der Waals surface area contributed by atoms with Gasteiger partial charge in [0.1, 0.15) is 11.4 Å². The molecule has 0 spiro atoms. The van der Waals surface area contributed by atoms with E-state index in [0.717, 1.165) is 56.0 Å². The Labute approximate surface area is 169 Å². The first kappa shape index (κ1) is 18.1. The number of aryl methyl sites for hydroxylation is 1. The Kier molecular flexibility index (Phi) is 4.69. The van der Waals surface area contributed by atoms with Crippen LogP contribution < -0.4 is 15.4 Å². The molecule has 1 amide bonds. The highest BCUT2D eigenvalue weighted by Crippen LogP contribution is 2.34. The highest BCUT2D eigenvalue weighted by molar-refractivity contribution is 5.96. The van der Waals surface area contributed by atoms with Gasteiger partial charge in [-0.1, -0.05) is 6.07 Å². The summed E-state index contributed by atoms with van der Waals surface area (Å²) in [5.74, 6) is 0.575. The van der Waals surface area contributed by atoms with Crippen molar-refractivity contribution in [2.75, 3.05) is 38.1 Å². The van der Waals surface area contributed by atoms with Gasteiger partial charge in [0.25, 0.3) is 5.91 Å². The standard InChI is InChI=1S/C22H25N5O2/c1-15-3-6-20-25-22(16-4-5-19-17(11-16)24-21(28)14-29-19)18(27(20)12-15)13-26-9-2-7-23-8-10-26/h3-6,11-12,23H,2,7-10,13-14H2,1H3,(H,24,28). The Balaban J connectivity index is 1.59. The van der Waals surface area contributed by atoms with Crippen molar-refractivity contribution in [1.29, 1.82) is 0 Å². The molecule has 2 aromatic heterocycles. The minimum Gasteiger partial charge on any atom is -0.482 e. The van der Waals surface area contributed by atoms with Gasteiger partial charge in [-0.25, -0.2) is 4.98 Å². The zero-order chi connectivity index (χ0) is 19.8. The smallest absolute Gasteiger partial charge is 0.262 e. The lowest BCUT2D eigenvalue weighted by Gasteiger charge is -2.21. The van der Waals surface area contributed by atoms with Gasteiger partial charge in [0.2, 0.25) is 0 Å². The summed E-state index contributed by atoms with van der Waals surface area (Å²) in [5, 5.41) is 6.37. The normalized spacial score (nSPS) is 17.5. The molecule has 1 aromatic carbocycles. The van der Waals surface area contributed by atoms with Gasteiger partial charge in [-0.05, 0) is 56.3 Å². The molecule has 2 aliphatic rings. The molecule has 0 unspecified atom stereocenters. The van der Waals surface area contributed by atoms with Crippen LogP contribution in [0.25, 0.3) is 16.9 Å². The number of nitrogens with zero attached hydrogens (tertiary/aromatic N) is 3. The number of hydrogen-bond acceptors (Lipinski definition) is 5. The Morgan fingerprint density at radius 2 is 2.10 bits per heavy atom. The van der Waals surface area contributed by atoms with Crippen molar-refractivity contribution in [2.45, 2.75) is 19.9 Å². The third-order valence-electron chi connectivity index (χ3n) is 5.56. The largest absolute Gasteiger partial charge is 0.482 e. The molecule has 2 N–H and O–H groups in total. The van der Waals surface area contributed by atoms with Crippen LogP contribution in [0.5, 0.6) is 5.75 Å². The number of benzene rings is 1. The van der Waals surface area contributed by atoms with Crippen LogP contribution in [-0.4, -0.2) is 53.0 Å². The van der Waals surface area contributed by atoms with Crippen LogP contribution in [-0.2, 0) is 11.3 Å². The number of fused-ring (bicyclic) bond motifs is 2. The van der Waals surface area contributed by atoms with Crippen molar-refractivity contribution in [3.05, 3.63) is 47.8 Å². The molecule has 4 heterocycles. The van der Waals surface area contributed by atoms with E-state index in [1.807, 2.05) is 18.2 Å². The monoisotopic (exact) mass is 391 g/mol. The quantitative estimate of drug-likeness (QED) is 0.718. The predicted molar refractivity (Wildman–Crippen MR) is 112 cm³/mol. The number of anilines is 1. The third kappa shape index (κ3) is 3.59. The van der Waals surface area contributed by atoms with E-state index < -0.39 is 0 Å². The molecule has 0 saturated carbocycles. The summed E-state index contributed by atoms with van der Waals surface area (Å²) in [7, 11) is 0. The van der Waals surface area contributed by atoms with Gasteiger partial charge in [0.05, 0.1) is 17.1 Å². The maximum atomic E-state index is 11.7. The molecule has 3 aromatic rings. The van der Waals surface area contributed by atoms with Gasteiger partial charge in [-0.2, -0.15) is 0 Å². The summed E-state index contributed by atoms with van der Waals surface area (Å²) < 4.78 is 7.72. The lowest BCUT2D eigenvalue weighted by molar-refractivity contribution is -0.118. The summed E-state index contributed by atoms with van der Waals surface area (Å²) in [6, 6.07) is 10.1. The number of carbonyl (C=O) groups excluding carboxylic acids is 1. The summed E-state index contributed by atoms with van der Waals surface area (Å²) in [5.41, 5.74) is 5.96. The zero-order valence-electron chi connectivity index (χ0n) is 16.6. The molecule has 0 radical (unpaired) electrons. The molecule has 5 rings (SSSR count). The fourth-order valence-corrected chi connectivity index (χ4v) is 4.08. The van der Waals surface area contributed by atoms with Crippen LogP contribution >= 0.6 is 0 Å². The van der Waals surface area contributed by atoms with Gasteiger partial charge in [0.15, 0.2) is 6.61 Å². The first-order valence-corrected chi connectivity index (χ1v) is 10.1. The summed E-state index contributed by atoms with van der Waals surface area (Å²) in [4.78, 5) is 19.2. The number of nitrogens with one attached hydrogen (secondary N) is 2. The molecule has 1 saturated heterocycles. The van der Waals surface area contributed by atoms with Crippen molar-refractivity contribution in [3.8, 4) is 17.0 Å². The van der Waals surface area contributed by atoms with Gasteiger partial charge in [-0.15, -0.1) is 0 Å². The van der Waals surface area contributed by atoms with Crippen molar-refractivity contribution < 1.29 is 9.53 Å². The van der Waals surface area contributed by atoms with E-state index in [2.05, 4.69) is 45.2 Å². The van der Waals surface area contributed by atoms with Crippen LogP contribution in [0.4, 0.5) is 5.69 Å². The molecular weight excluding hydrogens is 366 g/mol. The maximum absolute atomic E-state index is 11.7. The fourth-order valence-electron chi connectivity index (χ4n) is 4.08. The SMILES string of the molecule is Cc1ccc2nc(-c3ccc4c(c3)NC(=O)CO4)c(CN3CCCNCC3)n2c1. The van der Waals surface area contributed by atoms with Crippen LogP contribution in [0.15, 0.2) is 36.5 Å². The minimum atomic E-state index is -0.127. The zero-order valence-corrected chi connectivity index (χ0v) is 16.6. The molecule has 0 bridgehead atoms. The maximum Gasteiger partial charge on any atom is 0.262 e. The number of rotatable bonds is 3. The summed E-state index contributed by atoms with van der Waals surface area (Å²) >= 11 is 0. The van der Waals surface area contributed by atoms with Crippen LogP contribution in [0, 0.1) is 6.92 Å². The van der Waals surface area contributed by atoms with Crippen LogP contribution in [0.2, 0.25) is 0 Å². The second-order valence-corrected chi connectivity index (χ2v) is 7.77. The van der Waals surface area contributed by atoms with E-state index >= 15 is 0 Å². The number of carbonyl (C=O) groups is 1. The Morgan fingerprint density at radius 1 is 1.17 bits per heavy atom.